The van der Waals surface area contributed by atoms with Crippen molar-refractivity contribution in [3.63, 3.8) is 0 Å². The molecule has 2 aliphatic heterocycles. The first kappa shape index (κ1) is 33.4. The number of nitrogens with one attached hydrogen (secondary N) is 2. The maximum absolute atomic E-state index is 13.9. The van der Waals surface area contributed by atoms with Crippen molar-refractivity contribution in [2.45, 2.75) is 31.3 Å². The molecule has 0 radical (unpaired) electrons. The van der Waals surface area contributed by atoms with Crippen molar-refractivity contribution >= 4 is 17.8 Å². The normalized spacial score (nSPS) is 19.0. The number of esters is 2. The Morgan fingerprint density at radius 2 is 1.71 bits per heavy atom. The molecule has 4 atom stereocenters. The van der Waals surface area contributed by atoms with E-state index in [1.165, 1.54) is 14.2 Å². The van der Waals surface area contributed by atoms with Gasteiger partial charge in [-0.1, -0.05) is 30.3 Å². The monoisotopic (exact) mass is 701 g/mol. The van der Waals surface area contributed by atoms with Crippen LogP contribution in [0.4, 0.5) is 4.39 Å². The summed E-state index contributed by atoms with van der Waals surface area (Å²) in [6, 6.07) is 14.7. The van der Waals surface area contributed by atoms with Crippen LogP contribution in [0.3, 0.4) is 0 Å². The number of fused-ring (bicyclic) bond motifs is 3. The molecule has 7 rings (SSSR count). The Kier molecular flexibility index (Phi) is 8.93. The summed E-state index contributed by atoms with van der Waals surface area (Å²) in [6.45, 7) is -0.326. The molecule has 0 saturated carbocycles. The first-order chi connectivity index (χ1) is 24.6. The third kappa shape index (κ3) is 6.49. The number of rotatable bonds is 10. The highest BCUT2D eigenvalue weighted by Crippen LogP contribution is 2.52. The average molecular weight is 702 g/mol. The van der Waals surface area contributed by atoms with Crippen LogP contribution in [0.25, 0.3) is 0 Å². The molecule has 1 aromatic heterocycles. The van der Waals surface area contributed by atoms with Crippen LogP contribution in [0.15, 0.2) is 70.4 Å². The average Bonchev–Trinajstić information content (AvgIpc) is 3.74. The van der Waals surface area contributed by atoms with Gasteiger partial charge in [0.05, 0.1) is 32.9 Å². The van der Waals surface area contributed by atoms with E-state index in [4.69, 9.17) is 28.4 Å². The summed E-state index contributed by atoms with van der Waals surface area (Å²) >= 11 is 0. The maximum atomic E-state index is 13.9. The van der Waals surface area contributed by atoms with Gasteiger partial charge in [0.1, 0.15) is 12.6 Å². The van der Waals surface area contributed by atoms with Crippen LogP contribution in [-0.2, 0) is 38.5 Å². The van der Waals surface area contributed by atoms with Gasteiger partial charge in [0.25, 0.3) is 5.56 Å². The first-order valence-electron chi connectivity index (χ1n) is 16.0. The minimum Gasteiger partial charge on any atom is -0.493 e. The van der Waals surface area contributed by atoms with E-state index in [0.29, 0.717) is 39.8 Å². The number of ether oxygens (including phenoxy) is 6. The zero-order valence-electron chi connectivity index (χ0n) is 27.4. The molecular weight excluding hydrogens is 669 g/mol. The largest absolute Gasteiger partial charge is 0.493 e. The molecule has 3 aromatic carbocycles. The zero-order valence-corrected chi connectivity index (χ0v) is 27.4. The van der Waals surface area contributed by atoms with Gasteiger partial charge in [0, 0.05) is 18.3 Å². The molecule has 1 aliphatic carbocycles. The fraction of sp³-hybridized carbons (Fsp3) is 0.306. The van der Waals surface area contributed by atoms with Crippen LogP contribution in [0.1, 0.15) is 28.2 Å². The molecular formula is C36H32FN3O11. The van der Waals surface area contributed by atoms with E-state index in [1.54, 1.807) is 47.4 Å². The van der Waals surface area contributed by atoms with E-state index in [1.807, 2.05) is 12.1 Å². The smallest absolute Gasteiger partial charge is 0.334 e. The number of cyclic esters (lactones) is 1. The van der Waals surface area contributed by atoms with E-state index in [9.17, 15) is 28.4 Å². The summed E-state index contributed by atoms with van der Waals surface area (Å²) in [6.07, 6.45) is 1.21. The summed E-state index contributed by atoms with van der Waals surface area (Å²) in [5.74, 6) is -3.03. The number of hydrogen-bond acceptors (Lipinski definition) is 11. The van der Waals surface area contributed by atoms with Gasteiger partial charge in [-0.15, -0.1) is 0 Å². The molecule has 3 heterocycles. The van der Waals surface area contributed by atoms with Gasteiger partial charge >= 0.3 is 17.6 Å². The van der Waals surface area contributed by atoms with Crippen molar-refractivity contribution in [1.82, 2.24) is 14.9 Å². The minimum absolute atomic E-state index is 0.0108. The Hall–Kier alpha value is -6.12. The molecule has 1 amide bonds. The van der Waals surface area contributed by atoms with Crippen LogP contribution in [0.5, 0.6) is 28.7 Å². The number of amides is 1. The summed E-state index contributed by atoms with van der Waals surface area (Å²) in [4.78, 5) is 65.4. The van der Waals surface area contributed by atoms with Gasteiger partial charge in [0.15, 0.2) is 23.0 Å². The molecule has 0 bridgehead atoms. The number of hydrogen-bond donors (Lipinski definition) is 2. The van der Waals surface area contributed by atoms with Crippen molar-refractivity contribution in [1.29, 1.82) is 0 Å². The number of aromatic nitrogens is 2. The first-order valence-corrected chi connectivity index (χ1v) is 16.0. The number of halogens is 1. The van der Waals surface area contributed by atoms with E-state index in [2.05, 4.69) is 5.32 Å². The van der Waals surface area contributed by atoms with E-state index in [-0.39, 0.29) is 49.0 Å². The third-order valence-electron chi connectivity index (χ3n) is 9.26. The van der Waals surface area contributed by atoms with Crippen molar-refractivity contribution in [2.75, 3.05) is 27.6 Å². The summed E-state index contributed by atoms with van der Waals surface area (Å²) in [7, 11) is 2.78. The number of carbonyl (C=O) groups excluding carboxylic acids is 3. The quantitative estimate of drug-likeness (QED) is 0.183. The Balaban J connectivity index is 1.21. The predicted molar refractivity (Wildman–Crippen MR) is 175 cm³/mol. The van der Waals surface area contributed by atoms with E-state index in [0.717, 1.165) is 11.1 Å². The lowest BCUT2D eigenvalue weighted by Crippen LogP contribution is -2.47. The molecule has 1 saturated heterocycles. The van der Waals surface area contributed by atoms with E-state index >= 15 is 0 Å². The molecule has 2 N–H and O–H groups in total. The van der Waals surface area contributed by atoms with Crippen LogP contribution >= 0.6 is 0 Å². The highest BCUT2D eigenvalue weighted by molar-refractivity contribution is 5.86. The number of benzene rings is 3. The standard InChI is InChI=1S/C36H32FN3O11/c1-46-27-11-20(30-22-13-26-25(49-17-50-26)10-19(22)9-21-16-48-35(44)31(21)30)12-28(47-2)32(27)51-34(43)24(8-18-6-4-3-5-7-18)38-29(41)15-40-14-23(37)33(42)39-36(40)45/h3-7,10-14,21,24,30-31H,8-9,15-17H2,1-2H3,(H,38,41)(H,39,42,45)/t21-,24-,30+,31-/m0/s1. The van der Waals surface area contributed by atoms with E-state index < -0.39 is 53.4 Å². The molecule has 1 fully saturated rings. The molecule has 0 unspecified atom stereocenters. The van der Waals surface area contributed by atoms with Crippen LogP contribution in [-0.4, -0.2) is 61.1 Å². The molecule has 51 heavy (non-hydrogen) atoms. The van der Waals surface area contributed by atoms with Crippen LogP contribution < -0.4 is 40.3 Å². The van der Waals surface area contributed by atoms with Crippen LogP contribution in [0, 0.1) is 17.7 Å². The zero-order chi connectivity index (χ0) is 35.8. The fourth-order valence-electron chi connectivity index (χ4n) is 6.89. The lowest BCUT2D eigenvalue weighted by molar-refractivity contribution is -0.141. The maximum Gasteiger partial charge on any atom is 0.334 e. The van der Waals surface area contributed by atoms with Crippen LogP contribution in [0.2, 0.25) is 0 Å². The lowest BCUT2D eigenvalue weighted by Gasteiger charge is -2.34. The predicted octanol–water partition coefficient (Wildman–Crippen LogP) is 2.23. The number of nitrogens with zero attached hydrogens (tertiary/aromatic N) is 1. The highest BCUT2D eigenvalue weighted by Gasteiger charge is 2.48. The SMILES string of the molecule is COc1cc([C@@H]2c3cc4c(cc3C[C@H]3COC(=O)[C@@H]32)OCO4)cc(OC)c1OC(=O)[C@H](Cc1ccccc1)NC(=O)Cn1cc(F)c(=O)[nH]c1=O. The number of H-pyrrole nitrogens is 1. The van der Waals surface area contributed by atoms with Gasteiger partial charge in [-0.3, -0.25) is 23.9 Å². The van der Waals surface area contributed by atoms with Gasteiger partial charge < -0.3 is 33.7 Å². The summed E-state index contributed by atoms with van der Waals surface area (Å²) < 4.78 is 48.6. The molecule has 3 aliphatic rings. The number of methoxy groups -OCH3 is 2. The van der Waals surface area contributed by atoms with Gasteiger partial charge in [0.2, 0.25) is 24.3 Å². The molecule has 264 valence electrons. The highest BCUT2D eigenvalue weighted by atomic mass is 19.1. The Bertz CT molecular complexity index is 2120. The second kappa shape index (κ2) is 13.7. The van der Waals surface area contributed by atoms with Crippen molar-refractivity contribution < 1.29 is 47.2 Å². The van der Waals surface area contributed by atoms with Crippen molar-refractivity contribution in [3.05, 3.63) is 110 Å². The summed E-state index contributed by atoms with van der Waals surface area (Å²) in [5, 5.41) is 2.55. The molecule has 15 heteroatoms. The lowest BCUT2D eigenvalue weighted by atomic mass is 9.67. The second-order valence-electron chi connectivity index (χ2n) is 12.4. The molecule has 14 nitrogen and oxygen atoms in total. The second-order valence-corrected chi connectivity index (χ2v) is 12.4. The van der Waals surface area contributed by atoms with Gasteiger partial charge in [-0.25, -0.2) is 9.59 Å². The summed E-state index contributed by atoms with van der Waals surface area (Å²) in [5.41, 5.74) is 0.945. The van der Waals surface area contributed by atoms with Crippen molar-refractivity contribution in [3.8, 4) is 28.7 Å². The van der Waals surface area contributed by atoms with Gasteiger partial charge in [-0.05, 0) is 52.9 Å². The Morgan fingerprint density at radius 1 is 1.00 bits per heavy atom. The Morgan fingerprint density at radius 3 is 2.41 bits per heavy atom. The molecule has 0 spiro atoms. The minimum atomic E-state index is -1.29. The van der Waals surface area contributed by atoms with Crippen molar-refractivity contribution in [2.24, 2.45) is 11.8 Å². The fourth-order valence-corrected chi connectivity index (χ4v) is 6.89. The molecule has 4 aromatic rings. The third-order valence-corrected chi connectivity index (χ3v) is 9.26. The van der Waals surface area contributed by atoms with Gasteiger partial charge in [-0.2, -0.15) is 4.39 Å². The Labute approximate surface area is 289 Å². The number of aromatic amines is 1. The number of carbonyl (C=O) groups is 3. The topological polar surface area (TPSA) is 173 Å².